The maximum atomic E-state index is 11.6. The van der Waals surface area contributed by atoms with Crippen LogP contribution in [0.25, 0.3) is 0 Å². The lowest BCUT2D eigenvalue weighted by Crippen LogP contribution is -2.13. The maximum absolute atomic E-state index is 11.6. The third kappa shape index (κ3) is 3.71. The van der Waals surface area contributed by atoms with Crippen LogP contribution in [-0.2, 0) is 11.2 Å². The number of hydrogen-bond acceptors (Lipinski definition) is 3. The van der Waals surface area contributed by atoms with Crippen molar-refractivity contribution >= 4 is 27.7 Å². The van der Waals surface area contributed by atoms with Gasteiger partial charge in [0.25, 0.3) is 0 Å². The molecule has 1 N–H and O–H groups in total. The molecule has 0 radical (unpaired) electrons. The lowest BCUT2D eigenvalue weighted by Gasteiger charge is -2.03. The summed E-state index contributed by atoms with van der Waals surface area (Å²) in [6, 6.07) is 9.03. The predicted octanol–water partition coefficient (Wildman–Crippen LogP) is 3.01. The van der Waals surface area contributed by atoms with Crippen molar-refractivity contribution in [2.45, 2.75) is 12.8 Å². The second kappa shape index (κ2) is 5.63. The molecule has 0 aliphatic carbocycles. The zero-order valence-corrected chi connectivity index (χ0v) is 10.6. The van der Waals surface area contributed by atoms with Gasteiger partial charge in [0.1, 0.15) is 16.2 Å². The largest absolute Gasteiger partial charge is 0.469 e. The summed E-state index contributed by atoms with van der Waals surface area (Å²) in [4.78, 5) is 15.7. The van der Waals surface area contributed by atoms with Crippen LogP contribution in [0.5, 0.6) is 0 Å². The van der Waals surface area contributed by atoms with E-state index in [1.165, 1.54) is 0 Å². The molecule has 4 nitrogen and oxygen atoms in total. The van der Waals surface area contributed by atoms with E-state index in [1.54, 1.807) is 18.4 Å². The van der Waals surface area contributed by atoms with Gasteiger partial charge in [-0.25, -0.2) is 4.98 Å². The van der Waals surface area contributed by atoms with Crippen molar-refractivity contribution in [2.24, 2.45) is 0 Å². The molecule has 2 heterocycles. The summed E-state index contributed by atoms with van der Waals surface area (Å²) in [7, 11) is 0. The van der Waals surface area contributed by atoms with Gasteiger partial charge in [0.2, 0.25) is 5.91 Å². The molecule has 2 rings (SSSR count). The van der Waals surface area contributed by atoms with Gasteiger partial charge >= 0.3 is 0 Å². The van der Waals surface area contributed by atoms with Crippen LogP contribution < -0.4 is 5.32 Å². The lowest BCUT2D eigenvalue weighted by atomic mass is 10.2. The number of aryl methyl sites for hydroxylation is 1. The van der Waals surface area contributed by atoms with Crippen LogP contribution in [-0.4, -0.2) is 10.9 Å². The molecule has 0 unspecified atom stereocenters. The molecule has 2 aromatic heterocycles. The van der Waals surface area contributed by atoms with Gasteiger partial charge in [-0.05, 0) is 40.2 Å². The molecule has 17 heavy (non-hydrogen) atoms. The van der Waals surface area contributed by atoms with Crippen molar-refractivity contribution in [3.05, 3.63) is 47.0 Å². The fourth-order valence-corrected chi connectivity index (χ4v) is 1.72. The van der Waals surface area contributed by atoms with Crippen LogP contribution in [0.3, 0.4) is 0 Å². The van der Waals surface area contributed by atoms with Crippen molar-refractivity contribution < 1.29 is 9.21 Å². The smallest absolute Gasteiger partial charge is 0.225 e. The fraction of sp³-hybridized carbons (Fsp3) is 0.167. The summed E-state index contributed by atoms with van der Waals surface area (Å²) >= 11 is 3.25. The number of amides is 1. The van der Waals surface area contributed by atoms with Crippen molar-refractivity contribution in [1.29, 1.82) is 0 Å². The number of nitrogens with one attached hydrogen (secondary N) is 1. The normalized spacial score (nSPS) is 10.2. The number of anilines is 1. The maximum Gasteiger partial charge on any atom is 0.225 e. The Bertz CT molecular complexity index is 497. The average Bonchev–Trinajstić information content (AvgIpc) is 2.79. The molecule has 0 spiro atoms. The van der Waals surface area contributed by atoms with Gasteiger partial charge in [-0.2, -0.15) is 0 Å². The van der Waals surface area contributed by atoms with Crippen molar-refractivity contribution in [3.8, 4) is 0 Å². The van der Waals surface area contributed by atoms with Gasteiger partial charge in [-0.3, -0.25) is 4.79 Å². The van der Waals surface area contributed by atoms with E-state index >= 15 is 0 Å². The van der Waals surface area contributed by atoms with E-state index < -0.39 is 0 Å². The quantitative estimate of drug-likeness (QED) is 0.882. The number of aromatic nitrogens is 1. The lowest BCUT2D eigenvalue weighted by molar-refractivity contribution is -0.116. The zero-order valence-electron chi connectivity index (χ0n) is 9.02. The summed E-state index contributed by atoms with van der Waals surface area (Å²) < 4.78 is 5.85. The summed E-state index contributed by atoms with van der Waals surface area (Å²) in [6.45, 7) is 0. The molecule has 0 bridgehead atoms. The van der Waals surface area contributed by atoms with Crippen LogP contribution in [0.15, 0.2) is 45.6 Å². The van der Waals surface area contributed by atoms with E-state index in [1.807, 2.05) is 18.2 Å². The van der Waals surface area contributed by atoms with Gasteiger partial charge in [0, 0.05) is 12.8 Å². The summed E-state index contributed by atoms with van der Waals surface area (Å²) in [5.74, 6) is 1.28. The molecule has 0 fully saturated rings. The summed E-state index contributed by atoms with van der Waals surface area (Å²) in [5, 5.41) is 2.72. The van der Waals surface area contributed by atoms with E-state index in [0.717, 1.165) is 5.76 Å². The number of halogens is 1. The van der Waals surface area contributed by atoms with Crippen LogP contribution in [0.4, 0.5) is 5.82 Å². The Morgan fingerprint density at radius 2 is 2.24 bits per heavy atom. The molecule has 0 saturated carbocycles. The van der Waals surface area contributed by atoms with E-state index in [-0.39, 0.29) is 5.91 Å². The Labute approximate surface area is 107 Å². The first kappa shape index (κ1) is 11.9. The molecule has 0 saturated heterocycles. The summed E-state index contributed by atoms with van der Waals surface area (Å²) in [6.07, 6.45) is 2.57. The second-order valence-corrected chi connectivity index (χ2v) is 4.29. The molecular formula is C12H11BrN2O2. The van der Waals surface area contributed by atoms with Crippen molar-refractivity contribution in [3.63, 3.8) is 0 Å². The van der Waals surface area contributed by atoms with Gasteiger partial charge in [-0.1, -0.05) is 6.07 Å². The monoisotopic (exact) mass is 294 g/mol. The number of pyridine rings is 1. The topological polar surface area (TPSA) is 55.1 Å². The first-order valence-electron chi connectivity index (χ1n) is 5.19. The van der Waals surface area contributed by atoms with Gasteiger partial charge < -0.3 is 9.73 Å². The first-order valence-corrected chi connectivity index (χ1v) is 5.98. The van der Waals surface area contributed by atoms with Crippen LogP contribution in [0.2, 0.25) is 0 Å². The second-order valence-electron chi connectivity index (χ2n) is 3.47. The molecule has 1 amide bonds. The fourth-order valence-electron chi connectivity index (χ4n) is 1.37. The Balaban J connectivity index is 1.85. The van der Waals surface area contributed by atoms with E-state index in [0.29, 0.717) is 23.3 Å². The molecule has 5 heteroatoms. The Hall–Kier alpha value is -1.62. The van der Waals surface area contributed by atoms with Crippen LogP contribution in [0, 0.1) is 0 Å². The van der Waals surface area contributed by atoms with Gasteiger partial charge in [-0.15, -0.1) is 0 Å². The van der Waals surface area contributed by atoms with Crippen molar-refractivity contribution in [2.75, 3.05) is 5.32 Å². The van der Waals surface area contributed by atoms with Gasteiger partial charge in [0.05, 0.1) is 6.26 Å². The minimum atomic E-state index is -0.0769. The number of rotatable bonds is 4. The zero-order chi connectivity index (χ0) is 12.1. The minimum absolute atomic E-state index is 0.0769. The number of nitrogens with zero attached hydrogens (tertiary/aromatic N) is 1. The highest BCUT2D eigenvalue weighted by atomic mass is 79.9. The highest BCUT2D eigenvalue weighted by molar-refractivity contribution is 9.10. The SMILES string of the molecule is O=C(CCc1ccco1)Nc1cccc(Br)n1. The van der Waals surface area contributed by atoms with Crippen LogP contribution in [0.1, 0.15) is 12.2 Å². The number of hydrogen-bond donors (Lipinski definition) is 1. The van der Waals surface area contributed by atoms with Gasteiger partial charge in [0.15, 0.2) is 0 Å². The molecule has 0 aliphatic heterocycles. The van der Waals surface area contributed by atoms with E-state index in [9.17, 15) is 4.79 Å². The van der Waals surface area contributed by atoms with E-state index in [2.05, 4.69) is 26.2 Å². The van der Waals surface area contributed by atoms with Crippen molar-refractivity contribution in [1.82, 2.24) is 4.98 Å². The average molecular weight is 295 g/mol. The Morgan fingerprint density at radius 1 is 1.35 bits per heavy atom. The highest BCUT2D eigenvalue weighted by Gasteiger charge is 2.05. The highest BCUT2D eigenvalue weighted by Crippen LogP contribution is 2.11. The first-order chi connectivity index (χ1) is 8.24. The Morgan fingerprint density at radius 3 is 2.94 bits per heavy atom. The number of carbonyl (C=O) groups excluding carboxylic acids is 1. The predicted molar refractivity (Wildman–Crippen MR) is 67.6 cm³/mol. The third-order valence-electron chi connectivity index (χ3n) is 2.16. The third-order valence-corrected chi connectivity index (χ3v) is 2.60. The number of carbonyl (C=O) groups is 1. The standard InChI is InChI=1S/C12H11BrN2O2/c13-10-4-1-5-11(14-10)15-12(16)7-6-9-3-2-8-17-9/h1-5,8H,6-7H2,(H,14,15,16). The van der Waals surface area contributed by atoms with E-state index in [4.69, 9.17) is 4.42 Å². The molecule has 0 atom stereocenters. The molecular weight excluding hydrogens is 284 g/mol. The molecule has 88 valence electrons. The minimum Gasteiger partial charge on any atom is -0.469 e. The Kier molecular flexibility index (Phi) is 3.93. The molecule has 0 aromatic carbocycles. The van der Waals surface area contributed by atoms with Crippen LogP contribution >= 0.6 is 15.9 Å². The molecule has 0 aliphatic rings. The summed E-state index contributed by atoms with van der Waals surface area (Å²) in [5.41, 5.74) is 0. The molecule has 2 aromatic rings. The number of furan rings is 1.